The van der Waals surface area contributed by atoms with E-state index in [2.05, 4.69) is 22.4 Å². The third-order valence-corrected chi connectivity index (χ3v) is 3.38. The van der Waals surface area contributed by atoms with Crippen molar-refractivity contribution >= 4 is 11.7 Å². The van der Waals surface area contributed by atoms with Gasteiger partial charge in [0, 0.05) is 20.1 Å². The van der Waals surface area contributed by atoms with Gasteiger partial charge in [0.25, 0.3) is 5.91 Å². The van der Waals surface area contributed by atoms with E-state index in [9.17, 15) is 4.79 Å². The summed E-state index contributed by atoms with van der Waals surface area (Å²) in [6.07, 6.45) is 2.45. The number of anilines is 1. The molecule has 1 aromatic rings. The van der Waals surface area contributed by atoms with E-state index in [1.165, 1.54) is 12.8 Å². The largest absolute Gasteiger partial charge is 0.372 e. The second-order valence-corrected chi connectivity index (χ2v) is 4.55. The number of aromatic nitrogens is 2. The number of nitrogens with one attached hydrogen (secondary N) is 1. The molecule has 1 saturated carbocycles. The zero-order valence-corrected chi connectivity index (χ0v) is 10.5. The number of hydrogen-bond donors (Lipinski definition) is 1. The van der Waals surface area contributed by atoms with Gasteiger partial charge in [0.15, 0.2) is 5.69 Å². The Bertz CT molecular complexity index is 399. The molecule has 1 aliphatic rings. The minimum Gasteiger partial charge on any atom is -0.372 e. The molecule has 1 fully saturated rings. The molecule has 0 aliphatic heterocycles. The van der Waals surface area contributed by atoms with Crippen molar-refractivity contribution in [1.29, 1.82) is 0 Å². The first-order valence-corrected chi connectivity index (χ1v) is 5.92. The standard InChI is InChI=1S/C12H18N4O/c1-8(9-4-5-9)16(3)12(17)10-6-7-11(13-2)15-14-10/h6-9H,4-5H2,1-3H3,(H,13,15). The molecule has 5 heteroatoms. The van der Waals surface area contributed by atoms with Crippen LogP contribution in [-0.2, 0) is 0 Å². The summed E-state index contributed by atoms with van der Waals surface area (Å²) in [4.78, 5) is 13.9. The van der Waals surface area contributed by atoms with Crippen LogP contribution in [0.25, 0.3) is 0 Å². The van der Waals surface area contributed by atoms with Crippen molar-refractivity contribution in [3.63, 3.8) is 0 Å². The van der Waals surface area contributed by atoms with Crippen LogP contribution in [0.1, 0.15) is 30.3 Å². The molecule has 92 valence electrons. The topological polar surface area (TPSA) is 58.1 Å². The Morgan fingerprint density at radius 1 is 1.47 bits per heavy atom. The van der Waals surface area contributed by atoms with Gasteiger partial charge in [-0.15, -0.1) is 10.2 Å². The predicted octanol–water partition coefficient (Wildman–Crippen LogP) is 1.39. The molecule has 1 heterocycles. The SMILES string of the molecule is CNc1ccc(C(=O)N(C)C(C)C2CC2)nn1. The number of carbonyl (C=O) groups excluding carboxylic acids is 1. The summed E-state index contributed by atoms with van der Waals surface area (Å²) in [5.41, 5.74) is 0.402. The van der Waals surface area contributed by atoms with Gasteiger partial charge in [0.2, 0.25) is 0 Å². The molecule has 1 amide bonds. The molecule has 0 aromatic carbocycles. The fraction of sp³-hybridized carbons (Fsp3) is 0.583. The van der Waals surface area contributed by atoms with E-state index in [0.29, 0.717) is 17.4 Å². The zero-order chi connectivity index (χ0) is 12.4. The van der Waals surface area contributed by atoms with Gasteiger partial charge >= 0.3 is 0 Å². The summed E-state index contributed by atoms with van der Waals surface area (Å²) >= 11 is 0. The van der Waals surface area contributed by atoms with Crippen molar-refractivity contribution in [2.45, 2.75) is 25.8 Å². The highest BCUT2D eigenvalue weighted by molar-refractivity contribution is 5.92. The molecular formula is C12H18N4O. The predicted molar refractivity (Wildman–Crippen MR) is 65.9 cm³/mol. The van der Waals surface area contributed by atoms with Crippen LogP contribution in [0.4, 0.5) is 5.82 Å². The normalized spacial score (nSPS) is 16.4. The van der Waals surface area contributed by atoms with Crippen LogP contribution < -0.4 is 5.32 Å². The summed E-state index contributed by atoms with van der Waals surface area (Å²) in [5.74, 6) is 1.27. The maximum absolute atomic E-state index is 12.1. The molecular weight excluding hydrogens is 216 g/mol. The Labute approximate surface area is 101 Å². The Morgan fingerprint density at radius 3 is 2.65 bits per heavy atom. The molecule has 1 atom stereocenters. The van der Waals surface area contributed by atoms with E-state index in [-0.39, 0.29) is 11.9 Å². The average molecular weight is 234 g/mol. The fourth-order valence-electron chi connectivity index (χ4n) is 1.84. The lowest BCUT2D eigenvalue weighted by Crippen LogP contribution is -2.36. The van der Waals surface area contributed by atoms with Gasteiger partial charge in [-0.3, -0.25) is 4.79 Å². The van der Waals surface area contributed by atoms with Crippen LogP contribution in [0.3, 0.4) is 0 Å². The molecule has 0 bridgehead atoms. The summed E-state index contributed by atoms with van der Waals surface area (Å²) in [6.45, 7) is 2.09. The molecule has 17 heavy (non-hydrogen) atoms. The summed E-state index contributed by atoms with van der Waals surface area (Å²) in [5, 5.41) is 10.7. The second-order valence-electron chi connectivity index (χ2n) is 4.55. The van der Waals surface area contributed by atoms with Gasteiger partial charge in [-0.2, -0.15) is 0 Å². The van der Waals surface area contributed by atoms with Crippen LogP contribution in [0, 0.1) is 5.92 Å². The van der Waals surface area contributed by atoms with E-state index in [4.69, 9.17) is 0 Å². The van der Waals surface area contributed by atoms with Crippen molar-refractivity contribution in [2.75, 3.05) is 19.4 Å². The first kappa shape index (κ1) is 11.8. The Hall–Kier alpha value is -1.65. The maximum atomic E-state index is 12.1. The smallest absolute Gasteiger partial charge is 0.274 e. The minimum atomic E-state index is -0.0560. The molecule has 0 spiro atoms. The van der Waals surface area contributed by atoms with Gasteiger partial charge < -0.3 is 10.2 Å². The van der Waals surface area contributed by atoms with Crippen LogP contribution >= 0.6 is 0 Å². The third-order valence-electron chi connectivity index (χ3n) is 3.38. The molecule has 2 rings (SSSR count). The molecule has 0 radical (unpaired) electrons. The van der Waals surface area contributed by atoms with E-state index < -0.39 is 0 Å². The highest BCUT2D eigenvalue weighted by Gasteiger charge is 2.33. The monoisotopic (exact) mass is 234 g/mol. The zero-order valence-electron chi connectivity index (χ0n) is 10.5. The Kier molecular flexibility index (Phi) is 3.26. The van der Waals surface area contributed by atoms with Gasteiger partial charge in [0.05, 0.1) is 0 Å². The van der Waals surface area contributed by atoms with Crippen molar-refractivity contribution in [2.24, 2.45) is 5.92 Å². The molecule has 0 saturated heterocycles. The number of rotatable bonds is 4. The van der Waals surface area contributed by atoms with Crippen molar-refractivity contribution in [3.05, 3.63) is 17.8 Å². The quantitative estimate of drug-likeness (QED) is 0.855. The molecule has 5 nitrogen and oxygen atoms in total. The minimum absolute atomic E-state index is 0.0560. The summed E-state index contributed by atoms with van der Waals surface area (Å²) in [6, 6.07) is 3.75. The lowest BCUT2D eigenvalue weighted by molar-refractivity contribution is 0.0720. The number of carbonyl (C=O) groups is 1. The summed E-state index contributed by atoms with van der Waals surface area (Å²) < 4.78 is 0. The van der Waals surface area contributed by atoms with E-state index in [0.717, 1.165) is 0 Å². The first-order chi connectivity index (χ1) is 8.13. The van der Waals surface area contributed by atoms with Crippen molar-refractivity contribution < 1.29 is 4.79 Å². The second kappa shape index (κ2) is 4.69. The maximum Gasteiger partial charge on any atom is 0.274 e. The van der Waals surface area contributed by atoms with Crippen molar-refractivity contribution in [3.8, 4) is 0 Å². The van der Waals surface area contributed by atoms with Crippen LogP contribution in [-0.4, -0.2) is 41.1 Å². The number of amides is 1. The highest BCUT2D eigenvalue weighted by atomic mass is 16.2. The molecule has 1 aliphatic carbocycles. The Morgan fingerprint density at radius 2 is 2.18 bits per heavy atom. The van der Waals surface area contributed by atoms with E-state index >= 15 is 0 Å². The molecule has 1 N–H and O–H groups in total. The number of nitrogens with zero attached hydrogens (tertiary/aromatic N) is 3. The third kappa shape index (κ3) is 2.54. The summed E-state index contributed by atoms with van der Waals surface area (Å²) in [7, 11) is 3.60. The lowest BCUT2D eigenvalue weighted by Gasteiger charge is -2.24. The fourth-order valence-corrected chi connectivity index (χ4v) is 1.84. The van der Waals surface area contributed by atoms with Gasteiger partial charge in [0.1, 0.15) is 5.82 Å². The van der Waals surface area contributed by atoms with Crippen LogP contribution in [0.2, 0.25) is 0 Å². The van der Waals surface area contributed by atoms with Crippen molar-refractivity contribution in [1.82, 2.24) is 15.1 Å². The highest BCUT2D eigenvalue weighted by Crippen LogP contribution is 2.34. The molecule has 1 unspecified atom stereocenters. The van der Waals surface area contributed by atoms with E-state index in [1.807, 2.05) is 7.05 Å². The molecule has 1 aromatic heterocycles. The van der Waals surface area contributed by atoms with Gasteiger partial charge in [-0.25, -0.2) is 0 Å². The average Bonchev–Trinajstić information content (AvgIpc) is 3.20. The van der Waals surface area contributed by atoms with Crippen LogP contribution in [0.15, 0.2) is 12.1 Å². The lowest BCUT2D eigenvalue weighted by atomic mass is 10.2. The van der Waals surface area contributed by atoms with Gasteiger partial charge in [-0.05, 0) is 37.8 Å². The first-order valence-electron chi connectivity index (χ1n) is 5.92. The van der Waals surface area contributed by atoms with Crippen LogP contribution in [0.5, 0.6) is 0 Å². The Balaban J connectivity index is 2.06. The number of hydrogen-bond acceptors (Lipinski definition) is 4. The van der Waals surface area contributed by atoms with Gasteiger partial charge in [-0.1, -0.05) is 0 Å². The van der Waals surface area contributed by atoms with E-state index in [1.54, 1.807) is 24.1 Å².